The van der Waals surface area contributed by atoms with E-state index in [4.69, 9.17) is 34.0 Å². The Bertz CT molecular complexity index is 1010. The molecule has 0 saturated heterocycles. The molecule has 0 aliphatic carbocycles. The Morgan fingerprint density at radius 3 is 2.74 bits per heavy atom. The number of carbonyl (C=O) groups excluding carboxylic acids is 2. The van der Waals surface area contributed by atoms with Crippen molar-refractivity contribution < 1.29 is 43.6 Å². The standard InChI is InChI=1S/C23H26N2O9/c1-2-30-19(9-10-21(27)25-29)22(16-5-3-4-6-17(16)31-12-11-26)34-23(28)24-15-7-8-18-20(13-15)33-14-32-18/h3-10,13,19,22,26,29H,2,11-12,14H2,1H3,(H,24,28)(H,25,27)/b10-9+/t19-,22-/m0/s1. The summed E-state index contributed by atoms with van der Waals surface area (Å²) in [6.07, 6.45) is -0.346. The smallest absolute Gasteiger partial charge is 0.412 e. The zero-order valence-electron chi connectivity index (χ0n) is 18.4. The quantitative estimate of drug-likeness (QED) is 0.219. The Kier molecular flexibility index (Phi) is 9.09. The van der Waals surface area contributed by atoms with Crippen molar-refractivity contribution in [1.29, 1.82) is 0 Å². The lowest BCUT2D eigenvalue weighted by molar-refractivity contribution is -0.124. The summed E-state index contributed by atoms with van der Waals surface area (Å²) in [6, 6.07) is 11.7. The molecule has 0 aromatic heterocycles. The van der Waals surface area contributed by atoms with Crippen LogP contribution in [0, 0.1) is 0 Å². The van der Waals surface area contributed by atoms with Crippen molar-refractivity contribution in [1.82, 2.24) is 5.48 Å². The fourth-order valence-electron chi connectivity index (χ4n) is 3.20. The highest BCUT2D eigenvalue weighted by atomic mass is 16.7. The lowest BCUT2D eigenvalue weighted by Crippen LogP contribution is -2.28. The topological polar surface area (TPSA) is 145 Å². The number of amides is 2. The summed E-state index contributed by atoms with van der Waals surface area (Å²) >= 11 is 0. The van der Waals surface area contributed by atoms with Gasteiger partial charge in [0.1, 0.15) is 18.5 Å². The number of ether oxygens (including phenoxy) is 5. The van der Waals surface area contributed by atoms with Gasteiger partial charge in [0.15, 0.2) is 17.6 Å². The van der Waals surface area contributed by atoms with E-state index in [9.17, 15) is 9.59 Å². The van der Waals surface area contributed by atoms with E-state index in [1.165, 1.54) is 11.6 Å². The molecule has 3 rings (SSSR count). The number of benzene rings is 2. The molecule has 1 aliphatic heterocycles. The van der Waals surface area contributed by atoms with Crippen LogP contribution in [-0.4, -0.2) is 55.0 Å². The average Bonchev–Trinajstić information content (AvgIpc) is 3.32. The maximum atomic E-state index is 12.8. The molecule has 0 radical (unpaired) electrons. The Morgan fingerprint density at radius 1 is 1.18 bits per heavy atom. The number of aliphatic hydroxyl groups excluding tert-OH is 1. The van der Waals surface area contributed by atoms with Gasteiger partial charge in [-0.15, -0.1) is 0 Å². The van der Waals surface area contributed by atoms with E-state index in [1.54, 1.807) is 49.4 Å². The first-order chi connectivity index (χ1) is 16.5. The molecule has 182 valence electrons. The van der Waals surface area contributed by atoms with Gasteiger partial charge >= 0.3 is 6.09 Å². The summed E-state index contributed by atoms with van der Waals surface area (Å²) in [5.74, 6) is 0.637. The number of fused-ring (bicyclic) bond motifs is 1. The van der Waals surface area contributed by atoms with E-state index in [-0.39, 0.29) is 26.6 Å². The van der Waals surface area contributed by atoms with Gasteiger partial charge in [-0.1, -0.05) is 18.2 Å². The van der Waals surface area contributed by atoms with Crippen LogP contribution in [0.15, 0.2) is 54.6 Å². The second-order valence-corrected chi connectivity index (χ2v) is 6.88. The zero-order chi connectivity index (χ0) is 24.3. The highest BCUT2D eigenvalue weighted by Crippen LogP contribution is 2.35. The van der Waals surface area contributed by atoms with Crippen LogP contribution in [0.3, 0.4) is 0 Å². The monoisotopic (exact) mass is 474 g/mol. The van der Waals surface area contributed by atoms with Crippen molar-refractivity contribution in [2.75, 3.05) is 31.9 Å². The SMILES string of the molecule is CCO[C@@H](/C=C/C(=O)NO)[C@@H](OC(=O)Nc1ccc2c(c1)OCO2)c1ccccc1OCCO. The number of anilines is 1. The summed E-state index contributed by atoms with van der Waals surface area (Å²) < 4.78 is 27.6. The number of aliphatic hydroxyl groups is 1. The van der Waals surface area contributed by atoms with Crippen LogP contribution < -0.4 is 25.0 Å². The molecule has 2 aromatic carbocycles. The van der Waals surface area contributed by atoms with Crippen molar-refractivity contribution in [3.8, 4) is 17.2 Å². The van der Waals surface area contributed by atoms with Crippen LogP contribution in [0.1, 0.15) is 18.6 Å². The molecule has 0 spiro atoms. The minimum Gasteiger partial charge on any atom is -0.491 e. The second kappa shape index (κ2) is 12.4. The van der Waals surface area contributed by atoms with Gasteiger partial charge in [0.25, 0.3) is 5.91 Å². The van der Waals surface area contributed by atoms with Gasteiger partial charge in [-0.25, -0.2) is 10.3 Å². The van der Waals surface area contributed by atoms with Crippen molar-refractivity contribution >= 4 is 17.7 Å². The molecule has 4 N–H and O–H groups in total. The van der Waals surface area contributed by atoms with E-state index in [0.29, 0.717) is 28.5 Å². The molecule has 11 nitrogen and oxygen atoms in total. The lowest BCUT2D eigenvalue weighted by atomic mass is 10.0. The molecule has 1 heterocycles. The highest BCUT2D eigenvalue weighted by Gasteiger charge is 2.29. The Morgan fingerprint density at radius 2 is 1.97 bits per heavy atom. The number of para-hydroxylation sites is 1. The average molecular weight is 474 g/mol. The third kappa shape index (κ3) is 6.61. The van der Waals surface area contributed by atoms with E-state index in [2.05, 4.69) is 5.32 Å². The van der Waals surface area contributed by atoms with Crippen LogP contribution >= 0.6 is 0 Å². The van der Waals surface area contributed by atoms with Crippen LogP contribution in [0.5, 0.6) is 17.2 Å². The fraction of sp³-hybridized carbons (Fsp3) is 0.304. The molecule has 34 heavy (non-hydrogen) atoms. The molecule has 1 aliphatic rings. The second-order valence-electron chi connectivity index (χ2n) is 6.88. The maximum absolute atomic E-state index is 12.8. The third-order valence-electron chi connectivity index (χ3n) is 4.63. The Hall–Kier alpha value is -3.80. The minimum atomic E-state index is -1.05. The fourth-order valence-corrected chi connectivity index (χ4v) is 3.20. The summed E-state index contributed by atoms with van der Waals surface area (Å²) in [4.78, 5) is 24.4. The van der Waals surface area contributed by atoms with E-state index >= 15 is 0 Å². The molecule has 2 atom stereocenters. The molecule has 0 unspecified atom stereocenters. The van der Waals surface area contributed by atoms with Crippen LogP contribution in [0.4, 0.5) is 10.5 Å². The molecular formula is C23H26N2O9. The van der Waals surface area contributed by atoms with Crippen LogP contribution in [0.25, 0.3) is 0 Å². The van der Waals surface area contributed by atoms with Crippen molar-refractivity contribution in [3.63, 3.8) is 0 Å². The predicted octanol–water partition coefficient (Wildman–Crippen LogP) is 2.54. The summed E-state index contributed by atoms with van der Waals surface area (Å²) in [6.45, 7) is 1.88. The van der Waals surface area contributed by atoms with Gasteiger partial charge in [0.05, 0.1) is 6.61 Å². The molecule has 0 fully saturated rings. The van der Waals surface area contributed by atoms with E-state index < -0.39 is 24.2 Å². The van der Waals surface area contributed by atoms with E-state index in [0.717, 1.165) is 6.08 Å². The zero-order valence-corrected chi connectivity index (χ0v) is 18.4. The van der Waals surface area contributed by atoms with E-state index in [1.807, 2.05) is 0 Å². The summed E-state index contributed by atoms with van der Waals surface area (Å²) in [5.41, 5.74) is 2.36. The van der Waals surface area contributed by atoms with Gasteiger partial charge in [-0.2, -0.15) is 0 Å². The van der Waals surface area contributed by atoms with Crippen molar-refractivity contribution in [2.24, 2.45) is 0 Å². The molecule has 0 saturated carbocycles. The lowest BCUT2D eigenvalue weighted by Gasteiger charge is -2.27. The number of hydroxylamine groups is 1. The summed E-state index contributed by atoms with van der Waals surface area (Å²) in [5, 5.41) is 20.6. The molecule has 2 aromatic rings. The van der Waals surface area contributed by atoms with Crippen LogP contribution in [0.2, 0.25) is 0 Å². The number of carbonyl (C=O) groups is 2. The first kappa shape index (κ1) is 24.8. The first-order valence-corrected chi connectivity index (χ1v) is 10.5. The van der Waals surface area contributed by atoms with Gasteiger partial charge in [-0.3, -0.25) is 15.3 Å². The van der Waals surface area contributed by atoms with Gasteiger partial charge in [0, 0.05) is 30.0 Å². The van der Waals surface area contributed by atoms with Crippen molar-refractivity contribution in [2.45, 2.75) is 19.1 Å². The number of hydrogen-bond acceptors (Lipinski definition) is 9. The largest absolute Gasteiger partial charge is 0.491 e. The van der Waals surface area contributed by atoms with Crippen LogP contribution in [-0.2, 0) is 14.3 Å². The van der Waals surface area contributed by atoms with Crippen molar-refractivity contribution in [3.05, 3.63) is 60.2 Å². The predicted molar refractivity (Wildman–Crippen MR) is 119 cm³/mol. The Labute approximate surface area is 195 Å². The number of hydrogen-bond donors (Lipinski definition) is 4. The van der Waals surface area contributed by atoms with Gasteiger partial charge in [-0.05, 0) is 31.2 Å². The van der Waals surface area contributed by atoms with Gasteiger partial charge in [0.2, 0.25) is 6.79 Å². The molecular weight excluding hydrogens is 448 g/mol. The molecule has 11 heteroatoms. The number of nitrogens with one attached hydrogen (secondary N) is 2. The normalized spacial score (nSPS) is 13.9. The summed E-state index contributed by atoms with van der Waals surface area (Å²) in [7, 11) is 0. The molecule has 0 bridgehead atoms. The first-order valence-electron chi connectivity index (χ1n) is 10.5. The number of rotatable bonds is 11. The highest BCUT2D eigenvalue weighted by molar-refractivity contribution is 5.87. The Balaban J connectivity index is 1.88. The third-order valence-corrected chi connectivity index (χ3v) is 4.63. The maximum Gasteiger partial charge on any atom is 0.412 e. The molecule has 2 amide bonds. The minimum absolute atomic E-state index is 0.0230. The van der Waals surface area contributed by atoms with Gasteiger partial charge < -0.3 is 28.8 Å².